The molecule has 0 saturated heterocycles. The van der Waals surface area contributed by atoms with Gasteiger partial charge in [0.05, 0.1) is 17.2 Å². The van der Waals surface area contributed by atoms with Crippen LogP contribution in [-0.4, -0.2) is 29.4 Å². The van der Waals surface area contributed by atoms with Gasteiger partial charge in [-0.2, -0.15) is 0 Å². The first kappa shape index (κ1) is 19.0. The van der Waals surface area contributed by atoms with Crippen LogP contribution < -0.4 is 4.74 Å². The normalized spacial score (nSPS) is 40.1. The molecule has 4 aliphatic carbocycles. The number of ketones is 1. The summed E-state index contributed by atoms with van der Waals surface area (Å²) in [7, 11) is 0. The molecule has 0 radical (unpaired) electrons. The SMILES string of the molecule is CC(=O)c1cc(Cl)c(OCC23CCC4(F)CC(F)(CC(F)(C4)C2)C3)cc1F. The van der Waals surface area contributed by atoms with E-state index in [4.69, 9.17) is 16.3 Å². The van der Waals surface area contributed by atoms with Crippen molar-refractivity contribution in [3.63, 3.8) is 0 Å². The van der Waals surface area contributed by atoms with Gasteiger partial charge in [0.1, 0.15) is 28.6 Å². The summed E-state index contributed by atoms with van der Waals surface area (Å²) in [4.78, 5) is 11.4. The first-order valence-electron chi connectivity index (χ1n) is 9.14. The van der Waals surface area contributed by atoms with E-state index in [1.807, 2.05) is 0 Å². The summed E-state index contributed by atoms with van der Waals surface area (Å²) in [6.07, 6.45) is -0.334. The van der Waals surface area contributed by atoms with Crippen molar-refractivity contribution >= 4 is 17.4 Å². The van der Waals surface area contributed by atoms with E-state index in [2.05, 4.69) is 0 Å². The Morgan fingerprint density at radius 2 is 1.63 bits per heavy atom. The van der Waals surface area contributed by atoms with E-state index >= 15 is 8.78 Å². The molecule has 4 saturated carbocycles. The van der Waals surface area contributed by atoms with Gasteiger partial charge in [0.25, 0.3) is 0 Å². The van der Waals surface area contributed by atoms with E-state index in [-0.39, 0.29) is 61.5 Å². The summed E-state index contributed by atoms with van der Waals surface area (Å²) in [6.45, 7) is 1.15. The molecule has 7 heteroatoms. The predicted molar refractivity (Wildman–Crippen MR) is 93.2 cm³/mol. The average Bonchev–Trinajstić information content (AvgIpc) is 2.64. The largest absolute Gasteiger partial charge is 0.491 e. The molecule has 5 rings (SSSR count). The van der Waals surface area contributed by atoms with E-state index in [9.17, 15) is 13.6 Å². The third-order valence-corrected chi connectivity index (χ3v) is 6.62. The van der Waals surface area contributed by atoms with Crippen LogP contribution in [-0.2, 0) is 0 Å². The topological polar surface area (TPSA) is 26.3 Å². The van der Waals surface area contributed by atoms with Gasteiger partial charge in [-0.05, 0) is 38.7 Å². The van der Waals surface area contributed by atoms with E-state index < -0.39 is 34.0 Å². The van der Waals surface area contributed by atoms with Crippen molar-refractivity contribution in [2.24, 2.45) is 5.41 Å². The van der Waals surface area contributed by atoms with Gasteiger partial charge in [-0.25, -0.2) is 17.6 Å². The summed E-state index contributed by atoms with van der Waals surface area (Å²) in [5.41, 5.74) is -6.58. The highest BCUT2D eigenvalue weighted by atomic mass is 35.5. The van der Waals surface area contributed by atoms with Crippen molar-refractivity contribution in [1.29, 1.82) is 0 Å². The van der Waals surface area contributed by atoms with E-state index in [0.29, 0.717) is 6.42 Å². The molecule has 0 amide bonds. The molecule has 0 heterocycles. The van der Waals surface area contributed by atoms with Gasteiger partial charge in [0.2, 0.25) is 0 Å². The fourth-order valence-corrected chi connectivity index (χ4v) is 5.92. The molecular weight excluding hydrogens is 384 g/mol. The van der Waals surface area contributed by atoms with Crippen LogP contribution in [0.4, 0.5) is 17.6 Å². The molecule has 2 nitrogen and oxygen atoms in total. The second-order valence-corrected chi connectivity index (χ2v) is 9.35. The molecular formula is C20H21ClF4O2. The Labute approximate surface area is 160 Å². The summed E-state index contributed by atoms with van der Waals surface area (Å²) >= 11 is 6.09. The van der Waals surface area contributed by atoms with E-state index in [1.54, 1.807) is 0 Å². The van der Waals surface area contributed by atoms with Crippen LogP contribution in [0, 0.1) is 11.2 Å². The number of hydrogen-bond acceptors (Lipinski definition) is 2. The lowest BCUT2D eigenvalue weighted by molar-refractivity contribution is -0.137. The zero-order valence-electron chi connectivity index (χ0n) is 15.0. The fourth-order valence-electron chi connectivity index (χ4n) is 5.70. The van der Waals surface area contributed by atoms with E-state index in [0.717, 1.165) is 6.07 Å². The number of rotatable bonds is 4. The first-order valence-corrected chi connectivity index (χ1v) is 9.52. The highest BCUT2D eigenvalue weighted by molar-refractivity contribution is 6.32. The minimum absolute atomic E-state index is 0.0167. The molecule has 2 atom stereocenters. The van der Waals surface area contributed by atoms with Crippen molar-refractivity contribution in [3.05, 3.63) is 28.5 Å². The summed E-state index contributed by atoms with van der Waals surface area (Å²) < 4.78 is 65.2. The van der Waals surface area contributed by atoms with Gasteiger partial charge < -0.3 is 4.74 Å². The average molecular weight is 405 g/mol. The molecule has 4 aliphatic rings. The third-order valence-electron chi connectivity index (χ3n) is 6.32. The number of carbonyl (C=O) groups is 1. The van der Waals surface area contributed by atoms with Crippen molar-refractivity contribution in [1.82, 2.24) is 0 Å². The first-order chi connectivity index (χ1) is 12.4. The summed E-state index contributed by atoms with van der Waals surface area (Å²) in [6, 6.07) is 2.20. The molecule has 0 spiro atoms. The number of Topliss-reactive ketones (excluding diaryl/α,β-unsaturated/α-hetero) is 1. The van der Waals surface area contributed by atoms with Gasteiger partial charge in [-0.15, -0.1) is 0 Å². The van der Waals surface area contributed by atoms with Crippen LogP contribution in [0.5, 0.6) is 5.75 Å². The van der Waals surface area contributed by atoms with Gasteiger partial charge >= 0.3 is 0 Å². The zero-order chi connectivity index (χ0) is 19.7. The predicted octanol–water partition coefficient (Wildman–Crippen LogP) is 5.94. The molecule has 2 unspecified atom stereocenters. The van der Waals surface area contributed by atoms with E-state index in [1.165, 1.54) is 13.0 Å². The fraction of sp³-hybridized carbons (Fsp3) is 0.650. The van der Waals surface area contributed by atoms with Crippen LogP contribution >= 0.6 is 11.6 Å². The van der Waals surface area contributed by atoms with Crippen LogP contribution in [0.3, 0.4) is 0 Å². The molecule has 0 aliphatic heterocycles. The maximum absolute atomic E-state index is 15.2. The molecule has 0 N–H and O–H groups in total. The van der Waals surface area contributed by atoms with Gasteiger partial charge in [0.15, 0.2) is 5.78 Å². The molecule has 27 heavy (non-hydrogen) atoms. The lowest BCUT2D eigenvalue weighted by Gasteiger charge is -2.52. The van der Waals surface area contributed by atoms with Crippen molar-refractivity contribution in [2.75, 3.05) is 6.61 Å². The molecule has 1 aromatic rings. The van der Waals surface area contributed by atoms with Gasteiger partial charge in [-0.3, -0.25) is 4.79 Å². The van der Waals surface area contributed by atoms with Crippen LogP contribution in [0.1, 0.15) is 62.2 Å². The Morgan fingerprint density at radius 3 is 2.22 bits per heavy atom. The summed E-state index contributed by atoms with van der Waals surface area (Å²) in [5.74, 6) is -1.22. The van der Waals surface area contributed by atoms with Crippen LogP contribution in [0.2, 0.25) is 5.02 Å². The smallest absolute Gasteiger partial charge is 0.162 e. The monoisotopic (exact) mass is 404 g/mol. The molecule has 1 aromatic carbocycles. The van der Waals surface area contributed by atoms with Crippen LogP contribution in [0.15, 0.2) is 12.1 Å². The summed E-state index contributed by atoms with van der Waals surface area (Å²) in [5, 5.41) is 0.0511. The third kappa shape index (κ3) is 3.34. The minimum Gasteiger partial charge on any atom is -0.491 e. The Bertz CT molecular complexity index is 793. The number of alkyl halides is 3. The Morgan fingerprint density at radius 1 is 1.04 bits per heavy atom. The Hall–Kier alpha value is -1.30. The molecule has 4 fully saturated rings. The second-order valence-electron chi connectivity index (χ2n) is 8.94. The number of halogens is 5. The van der Waals surface area contributed by atoms with Crippen molar-refractivity contribution in [3.8, 4) is 5.75 Å². The lowest BCUT2D eigenvalue weighted by atomic mass is 9.58. The zero-order valence-corrected chi connectivity index (χ0v) is 15.8. The maximum atomic E-state index is 15.2. The highest BCUT2D eigenvalue weighted by Gasteiger charge is 2.66. The second kappa shape index (κ2) is 5.85. The number of carbonyl (C=O) groups excluding carboxylic acids is 1. The van der Waals surface area contributed by atoms with Crippen LogP contribution in [0.25, 0.3) is 0 Å². The molecule has 4 bridgehead atoms. The Balaban J connectivity index is 1.60. The number of ether oxygens (including phenoxy) is 1. The lowest BCUT2D eigenvalue weighted by Crippen LogP contribution is -2.56. The van der Waals surface area contributed by atoms with Gasteiger partial charge in [0, 0.05) is 30.7 Å². The molecule has 0 aromatic heterocycles. The standard InChI is InChI=1S/C20H21ClF4O2/c1-12(26)13-4-14(21)16(5-15(13)22)27-11-17-2-3-18(23)8-19(24,6-17)10-20(25,7-17)9-18/h4-5H,2-3,6-11H2,1H3. The number of fused-ring (bicyclic) bond motifs is 1. The number of benzene rings is 1. The Kier molecular flexibility index (Phi) is 4.12. The molecule has 148 valence electrons. The van der Waals surface area contributed by atoms with Gasteiger partial charge in [-0.1, -0.05) is 11.6 Å². The maximum Gasteiger partial charge on any atom is 0.162 e. The van der Waals surface area contributed by atoms with Crippen molar-refractivity contribution < 1.29 is 27.1 Å². The minimum atomic E-state index is -1.88. The van der Waals surface area contributed by atoms with Crippen molar-refractivity contribution in [2.45, 2.75) is 68.9 Å². The highest BCUT2D eigenvalue weighted by Crippen LogP contribution is 2.65. The number of hydrogen-bond donors (Lipinski definition) is 0. The quantitative estimate of drug-likeness (QED) is 0.458.